The van der Waals surface area contributed by atoms with E-state index in [2.05, 4.69) is 5.32 Å². The molecule has 1 unspecified atom stereocenters. The normalized spacial score (nSPS) is 11.9. The fraction of sp³-hybridized carbons (Fsp3) is 0.160. The van der Waals surface area contributed by atoms with E-state index in [1.807, 2.05) is 43.3 Å². The van der Waals surface area contributed by atoms with E-state index in [4.69, 9.17) is 21.3 Å². The summed E-state index contributed by atoms with van der Waals surface area (Å²) in [6, 6.07) is 19.8. The molecule has 33 heavy (non-hydrogen) atoms. The maximum Gasteiger partial charge on any atom is 0.266 e. The number of nitrogens with zero attached hydrogens (tertiary/aromatic N) is 2. The molecular weight excluding hydrogens is 458 g/mol. The Labute approximate surface area is 200 Å². The highest BCUT2D eigenvalue weighted by Gasteiger charge is 2.21. The van der Waals surface area contributed by atoms with E-state index in [-0.39, 0.29) is 11.5 Å². The second-order valence-corrected chi connectivity index (χ2v) is 9.23. The molecule has 0 spiro atoms. The van der Waals surface area contributed by atoms with Crippen LogP contribution in [0.4, 0.5) is 5.69 Å². The van der Waals surface area contributed by atoms with Gasteiger partial charge >= 0.3 is 0 Å². The molecule has 4 rings (SSSR count). The molecule has 168 valence electrons. The standard InChI is InChI=1S/C25H22ClN3O3S/c1-15-7-6-8-18(13-15)29-24(31)19-12-11-17(26)14-21(19)28-25(29)33-16(2)23(30)27-20-9-4-5-10-22(20)32-3/h4-14,16H,1-3H3,(H,27,30). The Morgan fingerprint density at radius 1 is 1.12 bits per heavy atom. The number of carbonyl (C=O) groups excluding carboxylic acids is 1. The van der Waals surface area contributed by atoms with Gasteiger partial charge in [-0.1, -0.05) is 47.6 Å². The van der Waals surface area contributed by atoms with Crippen LogP contribution in [0, 0.1) is 6.92 Å². The van der Waals surface area contributed by atoms with Crippen LogP contribution in [0.25, 0.3) is 16.6 Å². The van der Waals surface area contributed by atoms with Crippen LogP contribution in [0.1, 0.15) is 12.5 Å². The van der Waals surface area contributed by atoms with Gasteiger partial charge in [0.25, 0.3) is 5.56 Å². The van der Waals surface area contributed by atoms with Crippen LogP contribution in [0.15, 0.2) is 76.7 Å². The molecule has 6 nitrogen and oxygen atoms in total. The lowest BCUT2D eigenvalue weighted by Crippen LogP contribution is -2.26. The van der Waals surface area contributed by atoms with E-state index in [1.54, 1.807) is 48.9 Å². The smallest absolute Gasteiger partial charge is 0.266 e. The number of carbonyl (C=O) groups is 1. The molecule has 4 aromatic rings. The minimum Gasteiger partial charge on any atom is -0.495 e. The maximum atomic E-state index is 13.4. The fourth-order valence-corrected chi connectivity index (χ4v) is 4.50. The highest BCUT2D eigenvalue weighted by atomic mass is 35.5. The average Bonchev–Trinajstić information content (AvgIpc) is 2.79. The van der Waals surface area contributed by atoms with Crippen LogP contribution in [0.2, 0.25) is 5.02 Å². The molecule has 1 atom stereocenters. The lowest BCUT2D eigenvalue weighted by molar-refractivity contribution is -0.115. The van der Waals surface area contributed by atoms with Crippen molar-refractivity contribution in [3.05, 3.63) is 87.7 Å². The number of thioether (sulfide) groups is 1. The van der Waals surface area contributed by atoms with Crippen LogP contribution in [0.5, 0.6) is 5.75 Å². The first-order chi connectivity index (χ1) is 15.9. The van der Waals surface area contributed by atoms with Gasteiger partial charge in [-0.05, 0) is 61.9 Å². The van der Waals surface area contributed by atoms with E-state index in [9.17, 15) is 9.59 Å². The Balaban J connectivity index is 1.75. The maximum absolute atomic E-state index is 13.4. The fourth-order valence-electron chi connectivity index (χ4n) is 3.41. The third-order valence-corrected chi connectivity index (χ3v) is 6.36. The molecule has 0 aliphatic carbocycles. The van der Waals surface area contributed by atoms with Crippen LogP contribution in [0.3, 0.4) is 0 Å². The molecule has 0 radical (unpaired) electrons. The summed E-state index contributed by atoms with van der Waals surface area (Å²) >= 11 is 7.35. The lowest BCUT2D eigenvalue weighted by atomic mass is 10.2. The Hall–Kier alpha value is -3.29. The molecule has 3 aromatic carbocycles. The van der Waals surface area contributed by atoms with Crippen molar-refractivity contribution in [3.8, 4) is 11.4 Å². The van der Waals surface area contributed by atoms with Crippen LogP contribution in [-0.2, 0) is 4.79 Å². The predicted molar refractivity (Wildman–Crippen MR) is 134 cm³/mol. The monoisotopic (exact) mass is 479 g/mol. The topological polar surface area (TPSA) is 73.2 Å². The molecular formula is C25H22ClN3O3S. The van der Waals surface area contributed by atoms with Gasteiger partial charge < -0.3 is 10.1 Å². The Kier molecular flexibility index (Phi) is 6.72. The van der Waals surface area contributed by atoms with Gasteiger partial charge in [0, 0.05) is 5.02 Å². The first-order valence-corrected chi connectivity index (χ1v) is 11.5. The van der Waals surface area contributed by atoms with Gasteiger partial charge in [0.1, 0.15) is 5.75 Å². The van der Waals surface area contributed by atoms with Crippen molar-refractivity contribution in [2.75, 3.05) is 12.4 Å². The molecule has 0 fully saturated rings. The zero-order chi connectivity index (χ0) is 23.5. The SMILES string of the molecule is COc1ccccc1NC(=O)C(C)Sc1nc2cc(Cl)ccc2c(=O)n1-c1cccc(C)c1. The number of methoxy groups -OCH3 is 1. The summed E-state index contributed by atoms with van der Waals surface area (Å²) in [5, 5.41) is 3.69. The minimum atomic E-state index is -0.547. The molecule has 0 saturated heterocycles. The number of anilines is 1. The quantitative estimate of drug-likeness (QED) is 0.293. The highest BCUT2D eigenvalue weighted by molar-refractivity contribution is 8.00. The van der Waals surface area contributed by atoms with Crippen LogP contribution >= 0.6 is 23.4 Å². The van der Waals surface area contributed by atoms with Gasteiger partial charge in [0.2, 0.25) is 5.91 Å². The van der Waals surface area contributed by atoms with Crippen molar-refractivity contribution in [1.29, 1.82) is 0 Å². The van der Waals surface area contributed by atoms with E-state index in [0.29, 0.717) is 38.2 Å². The number of nitrogens with one attached hydrogen (secondary N) is 1. The van der Waals surface area contributed by atoms with E-state index in [1.165, 1.54) is 11.8 Å². The second kappa shape index (κ2) is 9.68. The van der Waals surface area contributed by atoms with Crippen molar-refractivity contribution in [1.82, 2.24) is 9.55 Å². The predicted octanol–water partition coefficient (Wildman–Crippen LogP) is 5.48. The third-order valence-electron chi connectivity index (χ3n) is 5.08. The summed E-state index contributed by atoms with van der Waals surface area (Å²) < 4.78 is 6.86. The first-order valence-electron chi connectivity index (χ1n) is 10.3. The van der Waals surface area contributed by atoms with E-state index >= 15 is 0 Å². The molecule has 8 heteroatoms. The zero-order valence-electron chi connectivity index (χ0n) is 18.3. The van der Waals surface area contributed by atoms with Gasteiger partial charge in [-0.3, -0.25) is 14.2 Å². The molecule has 0 saturated carbocycles. The molecule has 0 aliphatic rings. The Morgan fingerprint density at radius 2 is 1.91 bits per heavy atom. The van der Waals surface area contributed by atoms with Crippen LogP contribution < -0.4 is 15.6 Å². The summed E-state index contributed by atoms with van der Waals surface area (Å²) in [6.45, 7) is 3.73. The number of rotatable bonds is 6. The van der Waals surface area contributed by atoms with Gasteiger partial charge in [-0.25, -0.2) is 4.98 Å². The third kappa shape index (κ3) is 4.89. The molecule has 0 bridgehead atoms. The molecule has 1 amide bonds. The summed E-state index contributed by atoms with van der Waals surface area (Å²) in [7, 11) is 1.55. The number of fused-ring (bicyclic) bond motifs is 1. The zero-order valence-corrected chi connectivity index (χ0v) is 19.9. The Morgan fingerprint density at radius 3 is 2.67 bits per heavy atom. The largest absolute Gasteiger partial charge is 0.495 e. The van der Waals surface area contributed by atoms with E-state index < -0.39 is 5.25 Å². The van der Waals surface area contributed by atoms with Crippen molar-refractivity contribution in [2.45, 2.75) is 24.3 Å². The second-order valence-electron chi connectivity index (χ2n) is 7.49. The summed E-state index contributed by atoms with van der Waals surface area (Å²) in [5.41, 5.74) is 2.53. The lowest BCUT2D eigenvalue weighted by Gasteiger charge is -2.17. The number of halogens is 1. The Bertz CT molecular complexity index is 1400. The molecule has 1 heterocycles. The number of amides is 1. The summed E-state index contributed by atoms with van der Waals surface area (Å²) in [5.74, 6) is 0.332. The van der Waals surface area contributed by atoms with Crippen molar-refractivity contribution < 1.29 is 9.53 Å². The minimum absolute atomic E-state index is 0.220. The number of benzene rings is 3. The number of hydrogen-bond donors (Lipinski definition) is 1. The number of para-hydroxylation sites is 2. The van der Waals surface area contributed by atoms with Crippen molar-refractivity contribution in [2.24, 2.45) is 0 Å². The number of ether oxygens (including phenoxy) is 1. The summed E-state index contributed by atoms with van der Waals surface area (Å²) in [4.78, 5) is 31.1. The van der Waals surface area contributed by atoms with Gasteiger partial charge in [0.05, 0.1) is 34.6 Å². The molecule has 1 aromatic heterocycles. The first kappa shape index (κ1) is 22.9. The average molecular weight is 480 g/mol. The van der Waals surface area contributed by atoms with Crippen molar-refractivity contribution in [3.63, 3.8) is 0 Å². The van der Waals surface area contributed by atoms with Crippen molar-refractivity contribution >= 4 is 45.9 Å². The van der Waals surface area contributed by atoms with Gasteiger partial charge in [0.15, 0.2) is 5.16 Å². The van der Waals surface area contributed by atoms with Gasteiger partial charge in [-0.2, -0.15) is 0 Å². The molecule has 0 aliphatic heterocycles. The summed E-state index contributed by atoms with van der Waals surface area (Å²) in [6.07, 6.45) is 0. The highest BCUT2D eigenvalue weighted by Crippen LogP contribution is 2.29. The van der Waals surface area contributed by atoms with E-state index in [0.717, 1.165) is 5.56 Å². The number of aryl methyl sites for hydroxylation is 1. The molecule has 1 N–H and O–H groups in total. The number of hydrogen-bond acceptors (Lipinski definition) is 5. The number of aromatic nitrogens is 2. The van der Waals surface area contributed by atoms with Crippen LogP contribution in [-0.4, -0.2) is 27.8 Å². The van der Waals surface area contributed by atoms with Gasteiger partial charge in [-0.15, -0.1) is 0 Å².